The topological polar surface area (TPSA) is 80.4 Å². The van der Waals surface area contributed by atoms with E-state index in [1.165, 1.54) is 30.3 Å². The van der Waals surface area contributed by atoms with E-state index in [-0.39, 0.29) is 11.4 Å². The van der Waals surface area contributed by atoms with E-state index in [0.29, 0.717) is 5.69 Å². The summed E-state index contributed by atoms with van der Waals surface area (Å²) in [5, 5.41) is 14.6. The van der Waals surface area contributed by atoms with Gasteiger partial charge in [0.15, 0.2) is 0 Å². The minimum atomic E-state index is -4.48. The monoisotopic (exact) mass is 462 g/mol. The average Bonchev–Trinajstić information content (AvgIpc) is 2.73. The van der Waals surface area contributed by atoms with Gasteiger partial charge in [0.25, 0.3) is 5.69 Å². The number of nitrogens with zero attached hydrogens (tertiary/aromatic N) is 3. The summed E-state index contributed by atoms with van der Waals surface area (Å²) in [5.74, 6) is 0. The fraction of sp³-hybridized carbons (Fsp3) is 0.227. The maximum Gasteiger partial charge on any atom is 0.416 e. The summed E-state index contributed by atoms with van der Waals surface area (Å²) in [6.45, 7) is 5.87. The molecule has 1 N–H and O–H groups in total. The van der Waals surface area contributed by atoms with E-state index in [0.717, 1.165) is 17.4 Å². The van der Waals surface area contributed by atoms with E-state index in [2.05, 4.69) is 10.1 Å². The number of hydrogen-bond donors (Lipinski definition) is 1. The van der Waals surface area contributed by atoms with Crippen molar-refractivity contribution >= 4 is 29.6 Å². The highest BCUT2D eigenvalue weighted by Gasteiger charge is 2.37. The predicted molar refractivity (Wildman–Crippen MR) is 121 cm³/mol. The Bertz CT molecular complexity index is 1160. The lowest BCUT2D eigenvalue weighted by atomic mass is 10.2. The molecule has 0 radical (unpaired) electrons. The lowest BCUT2D eigenvalue weighted by molar-refractivity contribution is -0.384. The van der Waals surface area contributed by atoms with Gasteiger partial charge in [-0.3, -0.25) is 15.1 Å². The number of hydrogen-bond acceptors (Lipinski definition) is 4. The van der Waals surface area contributed by atoms with E-state index < -0.39 is 29.0 Å². The number of nitro benzene ring substituents is 1. The van der Waals surface area contributed by atoms with Gasteiger partial charge in [-0.25, -0.2) is 4.74 Å². The van der Waals surface area contributed by atoms with Crippen molar-refractivity contribution in [1.29, 1.82) is 0 Å². The van der Waals surface area contributed by atoms with Crippen LogP contribution in [0.4, 0.5) is 30.2 Å². The Kier molecular flexibility index (Phi) is 6.41. The van der Waals surface area contributed by atoms with Gasteiger partial charge in [0.2, 0.25) is 0 Å². The third-order valence-corrected chi connectivity index (χ3v) is 8.91. The van der Waals surface area contributed by atoms with Gasteiger partial charge in [0.1, 0.15) is 0 Å². The summed E-state index contributed by atoms with van der Waals surface area (Å²) in [6, 6.07) is 14.4. The maximum atomic E-state index is 13.3. The standard InChI is InChI=1S/C22H22F3N4O2P/c1-21(2,3)32(20-11-13-26-14-12-20,27-17-7-9-19(10-8-17)29(30)31)28-18-6-4-5-16(15-18)22(23,24)25/h4-15,28H,1-3H3. The largest absolute Gasteiger partial charge is 0.416 e. The summed E-state index contributed by atoms with van der Waals surface area (Å²) < 4.78 is 44.9. The SMILES string of the molecule is CC(C)(C)P(=Nc1ccc([N+](=O)[O-])cc1)(Nc1cccc(C(F)(F)F)c1)c1ccncc1. The predicted octanol–water partition coefficient (Wildman–Crippen LogP) is 6.99. The Morgan fingerprint density at radius 3 is 2.16 bits per heavy atom. The van der Waals surface area contributed by atoms with Gasteiger partial charge in [-0.2, -0.15) is 13.2 Å². The molecule has 0 amide bonds. The molecule has 0 bridgehead atoms. The highest BCUT2D eigenvalue weighted by Crippen LogP contribution is 2.61. The minimum Gasteiger partial charge on any atom is -0.348 e. The van der Waals surface area contributed by atoms with Crippen molar-refractivity contribution in [3.8, 4) is 0 Å². The van der Waals surface area contributed by atoms with E-state index in [9.17, 15) is 23.3 Å². The molecule has 3 aromatic rings. The molecule has 0 aliphatic heterocycles. The summed E-state index contributed by atoms with van der Waals surface area (Å²) >= 11 is 0. The third-order valence-electron chi connectivity index (χ3n) is 4.81. The highest BCUT2D eigenvalue weighted by atomic mass is 31.2. The first kappa shape index (κ1) is 23.5. The maximum absolute atomic E-state index is 13.3. The Morgan fingerprint density at radius 1 is 1.00 bits per heavy atom. The van der Waals surface area contributed by atoms with Gasteiger partial charge >= 0.3 is 6.18 Å². The zero-order valence-electron chi connectivity index (χ0n) is 17.7. The Hall–Kier alpha value is -3.19. The first-order valence-corrected chi connectivity index (χ1v) is 11.4. The number of non-ortho nitro benzene ring substituents is 1. The van der Waals surface area contributed by atoms with E-state index in [1.807, 2.05) is 20.8 Å². The molecule has 10 heteroatoms. The second-order valence-corrected chi connectivity index (χ2v) is 11.6. The third kappa shape index (κ3) is 4.99. The second kappa shape index (κ2) is 8.74. The lowest BCUT2D eigenvalue weighted by Crippen LogP contribution is -2.28. The van der Waals surface area contributed by atoms with Crippen LogP contribution in [-0.2, 0) is 6.18 Å². The molecule has 6 nitrogen and oxygen atoms in total. The molecule has 168 valence electrons. The average molecular weight is 462 g/mol. The lowest BCUT2D eigenvalue weighted by Gasteiger charge is -2.38. The van der Waals surface area contributed by atoms with Crippen molar-refractivity contribution in [3.05, 3.63) is 88.7 Å². The van der Waals surface area contributed by atoms with E-state index >= 15 is 0 Å². The van der Waals surface area contributed by atoms with Crippen LogP contribution in [-0.4, -0.2) is 15.1 Å². The Labute approximate surface area is 183 Å². The number of rotatable bonds is 5. The molecule has 0 aliphatic carbocycles. The van der Waals surface area contributed by atoms with Crippen molar-refractivity contribution in [1.82, 2.24) is 4.98 Å². The van der Waals surface area contributed by atoms with Crippen molar-refractivity contribution in [3.63, 3.8) is 0 Å². The number of aromatic nitrogens is 1. The van der Waals surface area contributed by atoms with Crippen LogP contribution in [0, 0.1) is 10.1 Å². The van der Waals surface area contributed by atoms with Crippen molar-refractivity contribution in [2.45, 2.75) is 32.1 Å². The number of nitrogens with one attached hydrogen (secondary N) is 1. The fourth-order valence-corrected chi connectivity index (χ4v) is 6.44. The summed E-state index contributed by atoms with van der Waals surface area (Å²) in [5.41, 5.74) is -0.0707. The Balaban J connectivity index is 2.24. The molecule has 1 heterocycles. The number of nitro groups is 1. The molecule has 1 atom stereocenters. The van der Waals surface area contributed by atoms with E-state index in [4.69, 9.17) is 4.74 Å². The number of benzene rings is 2. The van der Waals surface area contributed by atoms with Crippen molar-refractivity contribution < 1.29 is 18.1 Å². The number of alkyl halides is 3. The van der Waals surface area contributed by atoms with Gasteiger partial charge in [0.05, 0.1) is 23.4 Å². The molecular weight excluding hydrogens is 440 g/mol. The zero-order chi connectivity index (χ0) is 23.6. The first-order valence-electron chi connectivity index (χ1n) is 9.65. The summed E-state index contributed by atoms with van der Waals surface area (Å²) in [7, 11) is -2.79. The molecule has 2 aromatic carbocycles. The molecule has 3 rings (SSSR count). The van der Waals surface area contributed by atoms with Gasteiger partial charge < -0.3 is 5.09 Å². The van der Waals surface area contributed by atoms with Gasteiger partial charge in [-0.05, 0) is 42.5 Å². The number of anilines is 1. The number of pyridine rings is 1. The normalized spacial score (nSPS) is 13.8. The van der Waals surface area contributed by atoms with Crippen LogP contribution < -0.4 is 10.4 Å². The quantitative estimate of drug-likeness (QED) is 0.252. The number of halogens is 3. The molecule has 0 saturated carbocycles. The molecule has 0 aliphatic rings. The Morgan fingerprint density at radius 2 is 1.62 bits per heavy atom. The molecule has 0 spiro atoms. The summed E-state index contributed by atoms with van der Waals surface area (Å²) in [4.78, 5) is 14.6. The molecular formula is C22H22F3N4O2P. The van der Waals surface area contributed by atoms with Crippen LogP contribution in [0.3, 0.4) is 0 Å². The van der Waals surface area contributed by atoms with Crippen LogP contribution in [0.2, 0.25) is 0 Å². The van der Waals surface area contributed by atoms with E-state index in [1.54, 1.807) is 30.6 Å². The molecule has 0 saturated heterocycles. The van der Waals surface area contributed by atoms with Crippen LogP contribution >= 0.6 is 7.21 Å². The van der Waals surface area contributed by atoms with Gasteiger partial charge in [-0.1, -0.05) is 26.8 Å². The fourth-order valence-electron chi connectivity index (χ4n) is 3.18. The molecule has 32 heavy (non-hydrogen) atoms. The van der Waals surface area contributed by atoms with Crippen LogP contribution in [0.5, 0.6) is 0 Å². The molecule has 0 fully saturated rings. The van der Waals surface area contributed by atoms with Crippen LogP contribution in [0.15, 0.2) is 77.8 Å². The molecule has 1 aromatic heterocycles. The minimum absolute atomic E-state index is 0.0709. The van der Waals surface area contributed by atoms with Crippen molar-refractivity contribution in [2.24, 2.45) is 4.74 Å². The molecule has 1 unspecified atom stereocenters. The van der Waals surface area contributed by atoms with Crippen LogP contribution in [0.25, 0.3) is 0 Å². The van der Waals surface area contributed by atoms with Gasteiger partial charge in [-0.15, -0.1) is 0 Å². The second-order valence-electron chi connectivity index (χ2n) is 8.08. The smallest absolute Gasteiger partial charge is 0.348 e. The van der Waals surface area contributed by atoms with Crippen LogP contribution in [0.1, 0.15) is 26.3 Å². The van der Waals surface area contributed by atoms with Crippen molar-refractivity contribution in [2.75, 3.05) is 5.09 Å². The highest BCUT2D eigenvalue weighted by molar-refractivity contribution is 7.76. The van der Waals surface area contributed by atoms with Gasteiger partial charge in [0, 0.05) is 40.7 Å². The zero-order valence-corrected chi connectivity index (χ0v) is 18.6. The first-order chi connectivity index (χ1) is 14.9. The summed E-state index contributed by atoms with van der Waals surface area (Å²) in [6.07, 6.45) is -1.27.